The van der Waals surface area contributed by atoms with Crippen molar-refractivity contribution in [2.75, 3.05) is 43.0 Å². The summed E-state index contributed by atoms with van der Waals surface area (Å²) >= 11 is 3.59. The molecule has 2 fully saturated rings. The normalized spacial score (nSPS) is 24.3. The molecule has 2 saturated heterocycles. The first kappa shape index (κ1) is 15.3. The summed E-state index contributed by atoms with van der Waals surface area (Å²) < 4.78 is 0. The summed E-state index contributed by atoms with van der Waals surface area (Å²) in [6.07, 6.45) is 1.36. The Labute approximate surface area is 134 Å². The number of thioether (sulfide) groups is 1. The highest BCUT2D eigenvalue weighted by Crippen LogP contribution is 2.24. The minimum atomic E-state index is -0.0565. The average Bonchev–Trinajstić information content (AvgIpc) is 3.11. The minimum absolute atomic E-state index is 0.0565. The van der Waals surface area contributed by atoms with Gasteiger partial charge >= 0.3 is 0 Å². The summed E-state index contributed by atoms with van der Waals surface area (Å²) in [7, 11) is 0. The molecule has 21 heavy (non-hydrogen) atoms. The maximum absolute atomic E-state index is 11.0. The first-order valence-corrected chi connectivity index (χ1v) is 9.50. The van der Waals surface area contributed by atoms with Gasteiger partial charge in [0, 0.05) is 56.8 Å². The molecule has 7 heteroatoms. The molecular weight excluding hydrogens is 304 g/mol. The van der Waals surface area contributed by atoms with Crippen molar-refractivity contribution in [2.45, 2.75) is 25.9 Å². The zero-order valence-corrected chi connectivity index (χ0v) is 14.0. The van der Waals surface area contributed by atoms with Crippen molar-refractivity contribution < 1.29 is 4.79 Å². The van der Waals surface area contributed by atoms with E-state index in [-0.39, 0.29) is 5.91 Å². The number of nitrogens with one attached hydrogen (secondary N) is 1. The lowest BCUT2D eigenvalue weighted by atomic mass is 10.2. The van der Waals surface area contributed by atoms with Crippen molar-refractivity contribution >= 4 is 34.1 Å². The number of anilines is 1. The highest BCUT2D eigenvalue weighted by atomic mass is 32.2. The number of hydrogen-bond acceptors (Lipinski definition) is 6. The summed E-state index contributed by atoms with van der Waals surface area (Å²) in [5.41, 5.74) is 1.06. The topological polar surface area (TPSA) is 48.5 Å². The van der Waals surface area contributed by atoms with Crippen molar-refractivity contribution in [1.82, 2.24) is 14.8 Å². The van der Waals surface area contributed by atoms with Crippen molar-refractivity contribution in [3.05, 3.63) is 11.1 Å². The van der Waals surface area contributed by atoms with Crippen LogP contribution >= 0.6 is 23.1 Å². The molecule has 1 aromatic heterocycles. The lowest BCUT2D eigenvalue weighted by molar-refractivity contribution is -0.114. The maximum Gasteiger partial charge on any atom is 0.223 e. The van der Waals surface area contributed by atoms with Gasteiger partial charge in [-0.15, -0.1) is 11.3 Å². The molecule has 1 amide bonds. The first-order valence-electron chi connectivity index (χ1n) is 7.47. The molecule has 0 radical (unpaired) electrons. The molecule has 3 heterocycles. The Morgan fingerprint density at radius 3 is 2.90 bits per heavy atom. The van der Waals surface area contributed by atoms with Crippen LogP contribution in [0.25, 0.3) is 0 Å². The van der Waals surface area contributed by atoms with E-state index in [1.165, 1.54) is 49.3 Å². The Morgan fingerprint density at radius 2 is 2.24 bits per heavy atom. The van der Waals surface area contributed by atoms with Crippen molar-refractivity contribution in [3.63, 3.8) is 0 Å². The van der Waals surface area contributed by atoms with Gasteiger partial charge in [0.25, 0.3) is 0 Å². The molecule has 0 spiro atoms. The van der Waals surface area contributed by atoms with Crippen LogP contribution in [0.3, 0.4) is 0 Å². The van der Waals surface area contributed by atoms with Gasteiger partial charge in [-0.05, 0) is 12.2 Å². The largest absolute Gasteiger partial charge is 0.302 e. The second-order valence-corrected chi connectivity index (χ2v) is 7.66. The highest BCUT2D eigenvalue weighted by Gasteiger charge is 2.26. The van der Waals surface area contributed by atoms with Gasteiger partial charge in [0.1, 0.15) is 0 Å². The molecule has 3 rings (SSSR count). The predicted molar refractivity (Wildman–Crippen MR) is 89.0 cm³/mol. The number of aromatic nitrogens is 1. The van der Waals surface area contributed by atoms with E-state index in [9.17, 15) is 4.79 Å². The number of hydrogen-bond donors (Lipinski definition) is 1. The van der Waals surface area contributed by atoms with Crippen molar-refractivity contribution in [1.29, 1.82) is 0 Å². The Morgan fingerprint density at radius 1 is 1.43 bits per heavy atom. The average molecular weight is 326 g/mol. The van der Waals surface area contributed by atoms with E-state index >= 15 is 0 Å². The quantitative estimate of drug-likeness (QED) is 0.913. The standard InChI is InChI=1S/C14H22N4OS2/c1-11(19)15-14-16-12(9-21-14)8-17-3-5-18(6-4-17)13-2-7-20-10-13/h9,13H,2-8,10H2,1H3,(H,15,16,19). The van der Waals surface area contributed by atoms with E-state index in [1.807, 2.05) is 5.38 Å². The van der Waals surface area contributed by atoms with E-state index in [0.29, 0.717) is 5.13 Å². The lowest BCUT2D eigenvalue weighted by Crippen LogP contribution is -2.50. The number of thiazole rings is 1. The highest BCUT2D eigenvalue weighted by molar-refractivity contribution is 7.99. The van der Waals surface area contributed by atoms with Crippen LogP contribution in [0.5, 0.6) is 0 Å². The molecule has 1 atom stereocenters. The molecule has 1 N–H and O–H groups in total. The number of carbonyl (C=O) groups excluding carboxylic acids is 1. The zero-order chi connectivity index (χ0) is 14.7. The second kappa shape index (κ2) is 7.09. The van der Waals surface area contributed by atoms with E-state index in [1.54, 1.807) is 0 Å². The molecule has 0 saturated carbocycles. The third kappa shape index (κ3) is 4.18. The summed E-state index contributed by atoms with van der Waals surface area (Å²) in [6, 6.07) is 0.808. The van der Waals surface area contributed by atoms with Gasteiger partial charge < -0.3 is 5.32 Å². The lowest BCUT2D eigenvalue weighted by Gasteiger charge is -2.37. The van der Waals surface area contributed by atoms with Gasteiger partial charge in [0.15, 0.2) is 5.13 Å². The van der Waals surface area contributed by atoms with Gasteiger partial charge in [0.2, 0.25) is 5.91 Å². The third-order valence-electron chi connectivity index (χ3n) is 4.05. The summed E-state index contributed by atoms with van der Waals surface area (Å²) in [5.74, 6) is 2.58. The van der Waals surface area contributed by atoms with Gasteiger partial charge in [-0.2, -0.15) is 11.8 Å². The molecular formula is C14H22N4OS2. The van der Waals surface area contributed by atoms with Gasteiger partial charge in [0.05, 0.1) is 5.69 Å². The molecule has 5 nitrogen and oxygen atoms in total. The number of nitrogens with zero attached hydrogens (tertiary/aromatic N) is 3. The zero-order valence-electron chi connectivity index (χ0n) is 12.4. The van der Waals surface area contributed by atoms with E-state index in [0.717, 1.165) is 31.4 Å². The molecule has 0 aromatic carbocycles. The van der Waals surface area contributed by atoms with Crippen molar-refractivity contribution in [2.24, 2.45) is 0 Å². The number of amides is 1. The summed E-state index contributed by atoms with van der Waals surface area (Å²) in [6.45, 7) is 7.00. The van der Waals surface area contributed by atoms with Gasteiger partial charge in [-0.1, -0.05) is 0 Å². The van der Waals surface area contributed by atoms with Crippen LogP contribution in [-0.4, -0.2) is 64.4 Å². The minimum Gasteiger partial charge on any atom is -0.302 e. The first-order chi connectivity index (χ1) is 10.2. The smallest absolute Gasteiger partial charge is 0.223 e. The molecule has 1 unspecified atom stereocenters. The fraction of sp³-hybridized carbons (Fsp3) is 0.714. The van der Waals surface area contributed by atoms with Crippen molar-refractivity contribution in [3.8, 4) is 0 Å². The Bertz CT molecular complexity index is 479. The fourth-order valence-corrected chi connectivity index (χ4v) is 4.92. The molecule has 0 aliphatic carbocycles. The molecule has 2 aliphatic rings. The fourth-order valence-electron chi connectivity index (χ4n) is 2.91. The molecule has 2 aliphatic heterocycles. The summed E-state index contributed by atoms with van der Waals surface area (Å²) in [5, 5.41) is 5.50. The van der Waals surface area contributed by atoms with E-state index < -0.39 is 0 Å². The van der Waals surface area contributed by atoms with Crippen LogP contribution in [0.2, 0.25) is 0 Å². The van der Waals surface area contributed by atoms with Crippen LogP contribution in [0, 0.1) is 0 Å². The maximum atomic E-state index is 11.0. The Balaban J connectivity index is 1.46. The van der Waals surface area contributed by atoms with E-state index in [4.69, 9.17) is 0 Å². The Kier molecular flexibility index (Phi) is 5.15. The third-order valence-corrected chi connectivity index (χ3v) is 6.00. The monoisotopic (exact) mass is 326 g/mol. The molecule has 1 aromatic rings. The van der Waals surface area contributed by atoms with Crippen LogP contribution in [-0.2, 0) is 11.3 Å². The number of carbonyl (C=O) groups is 1. The second-order valence-electron chi connectivity index (χ2n) is 5.65. The number of piperazine rings is 1. The van der Waals surface area contributed by atoms with Crippen LogP contribution < -0.4 is 5.32 Å². The SMILES string of the molecule is CC(=O)Nc1nc(CN2CCN(C3CCSC3)CC2)cs1. The van der Waals surface area contributed by atoms with Crippen LogP contribution in [0.15, 0.2) is 5.38 Å². The predicted octanol–water partition coefficient (Wildman–Crippen LogP) is 1.72. The summed E-state index contributed by atoms with van der Waals surface area (Å²) in [4.78, 5) is 20.6. The van der Waals surface area contributed by atoms with Crippen LogP contribution in [0.1, 0.15) is 19.0 Å². The van der Waals surface area contributed by atoms with Gasteiger partial charge in [-0.3, -0.25) is 14.6 Å². The molecule has 0 bridgehead atoms. The van der Waals surface area contributed by atoms with E-state index in [2.05, 4.69) is 31.9 Å². The molecule has 116 valence electrons. The Hall–Kier alpha value is -0.630. The van der Waals surface area contributed by atoms with Crippen LogP contribution in [0.4, 0.5) is 5.13 Å². The van der Waals surface area contributed by atoms with Gasteiger partial charge in [-0.25, -0.2) is 4.98 Å². The number of rotatable bonds is 4.